The maximum atomic E-state index is 8.61. The molecule has 0 bridgehead atoms. The molecule has 23 heavy (non-hydrogen) atoms. The van der Waals surface area contributed by atoms with E-state index in [1.807, 2.05) is 36.2 Å². The highest BCUT2D eigenvalue weighted by molar-refractivity contribution is 7.80. The number of nitrogens with one attached hydrogen (secondary N) is 2. The molecule has 1 aromatic rings. The molecule has 0 aliphatic carbocycles. The summed E-state index contributed by atoms with van der Waals surface area (Å²) in [6.07, 6.45) is 3.11. The molecule has 0 atom stereocenters. The third-order valence-corrected chi connectivity index (χ3v) is 3.32. The van der Waals surface area contributed by atoms with Gasteiger partial charge in [0.2, 0.25) is 0 Å². The fourth-order valence-corrected chi connectivity index (χ4v) is 1.94. The molecule has 0 saturated heterocycles. The first kappa shape index (κ1) is 18.9. The molecule has 2 N–H and O–H groups in total. The van der Waals surface area contributed by atoms with Crippen molar-refractivity contribution in [2.75, 3.05) is 38.8 Å². The SMILES string of the molecule is COCCCNC(=S)NN=Cc1ccc(N(C)CCC#N)cc1. The van der Waals surface area contributed by atoms with Crippen molar-refractivity contribution < 1.29 is 4.74 Å². The number of ether oxygens (including phenoxy) is 1. The van der Waals surface area contributed by atoms with Gasteiger partial charge in [0, 0.05) is 39.5 Å². The third-order valence-electron chi connectivity index (χ3n) is 3.08. The van der Waals surface area contributed by atoms with Gasteiger partial charge in [0.15, 0.2) is 5.11 Å². The molecule has 0 heterocycles. The van der Waals surface area contributed by atoms with Crippen LogP contribution in [0, 0.1) is 11.3 Å². The molecule has 0 spiro atoms. The second-order valence-electron chi connectivity index (χ2n) is 4.89. The van der Waals surface area contributed by atoms with Crippen LogP contribution in [0.1, 0.15) is 18.4 Å². The Morgan fingerprint density at radius 3 is 2.83 bits per heavy atom. The number of nitrogens with zero attached hydrogens (tertiary/aromatic N) is 3. The van der Waals surface area contributed by atoms with Gasteiger partial charge in [0.25, 0.3) is 0 Å². The molecule has 0 fully saturated rings. The average Bonchev–Trinajstić information content (AvgIpc) is 2.57. The predicted octanol–water partition coefficient (Wildman–Crippen LogP) is 1.87. The molecule has 0 radical (unpaired) electrons. The topological polar surface area (TPSA) is 72.7 Å². The number of anilines is 1. The van der Waals surface area contributed by atoms with Crippen molar-refractivity contribution in [2.45, 2.75) is 12.8 Å². The number of hydrogen-bond donors (Lipinski definition) is 2. The summed E-state index contributed by atoms with van der Waals surface area (Å²) in [5.41, 5.74) is 4.82. The van der Waals surface area contributed by atoms with Crippen molar-refractivity contribution >= 4 is 29.2 Å². The lowest BCUT2D eigenvalue weighted by atomic mass is 10.2. The molecule has 6 nitrogen and oxygen atoms in total. The quantitative estimate of drug-likeness (QED) is 0.311. The zero-order valence-electron chi connectivity index (χ0n) is 13.6. The number of hydrazone groups is 1. The maximum Gasteiger partial charge on any atom is 0.186 e. The second-order valence-corrected chi connectivity index (χ2v) is 5.30. The van der Waals surface area contributed by atoms with Gasteiger partial charge in [-0.3, -0.25) is 5.43 Å². The van der Waals surface area contributed by atoms with E-state index in [-0.39, 0.29) is 0 Å². The van der Waals surface area contributed by atoms with Crippen LogP contribution in [0.3, 0.4) is 0 Å². The molecule has 0 aromatic heterocycles. The van der Waals surface area contributed by atoms with Crippen molar-refractivity contribution in [1.82, 2.24) is 10.7 Å². The number of methoxy groups -OCH3 is 1. The van der Waals surface area contributed by atoms with Gasteiger partial charge in [0.05, 0.1) is 18.7 Å². The van der Waals surface area contributed by atoms with Crippen LogP contribution in [0.15, 0.2) is 29.4 Å². The van der Waals surface area contributed by atoms with Crippen molar-refractivity contribution in [3.63, 3.8) is 0 Å². The molecule has 0 aliphatic heterocycles. The first-order valence-electron chi connectivity index (χ1n) is 7.41. The smallest absolute Gasteiger partial charge is 0.186 e. The molecule has 124 valence electrons. The number of nitriles is 1. The fourth-order valence-electron chi connectivity index (χ4n) is 1.79. The van der Waals surface area contributed by atoms with Crippen LogP contribution in [-0.4, -0.2) is 45.2 Å². The van der Waals surface area contributed by atoms with Crippen LogP contribution in [0.5, 0.6) is 0 Å². The van der Waals surface area contributed by atoms with Gasteiger partial charge in [0.1, 0.15) is 0 Å². The molecular weight excluding hydrogens is 310 g/mol. The molecule has 0 saturated carbocycles. The van der Waals surface area contributed by atoms with Crippen molar-refractivity contribution in [2.24, 2.45) is 5.10 Å². The lowest BCUT2D eigenvalue weighted by Crippen LogP contribution is -2.33. The minimum absolute atomic E-state index is 0.491. The zero-order valence-corrected chi connectivity index (χ0v) is 14.4. The Hall–Kier alpha value is -2.17. The summed E-state index contributed by atoms with van der Waals surface area (Å²) in [5, 5.41) is 16.2. The average molecular weight is 333 g/mol. The summed E-state index contributed by atoms with van der Waals surface area (Å²) in [7, 11) is 3.64. The van der Waals surface area contributed by atoms with Gasteiger partial charge < -0.3 is 15.0 Å². The van der Waals surface area contributed by atoms with E-state index in [2.05, 4.69) is 21.9 Å². The van der Waals surface area contributed by atoms with E-state index in [9.17, 15) is 0 Å². The van der Waals surface area contributed by atoms with Gasteiger partial charge in [-0.05, 0) is 36.3 Å². The van der Waals surface area contributed by atoms with E-state index >= 15 is 0 Å². The summed E-state index contributed by atoms with van der Waals surface area (Å²) in [6, 6.07) is 10.1. The lowest BCUT2D eigenvalue weighted by Gasteiger charge is -2.17. The fraction of sp³-hybridized carbons (Fsp3) is 0.438. The first-order chi connectivity index (χ1) is 11.2. The Morgan fingerprint density at radius 1 is 1.43 bits per heavy atom. The summed E-state index contributed by atoms with van der Waals surface area (Å²) in [5.74, 6) is 0. The zero-order chi connectivity index (χ0) is 16.9. The van der Waals surface area contributed by atoms with E-state index in [4.69, 9.17) is 22.2 Å². The molecule has 0 amide bonds. The Kier molecular flexibility index (Phi) is 9.36. The summed E-state index contributed by atoms with van der Waals surface area (Å²) >= 11 is 5.10. The minimum atomic E-state index is 0.491. The predicted molar refractivity (Wildman–Crippen MR) is 97.8 cm³/mol. The molecule has 7 heteroatoms. The Labute approximate surface area is 143 Å². The number of benzene rings is 1. The van der Waals surface area contributed by atoms with Gasteiger partial charge in [-0.15, -0.1) is 0 Å². The maximum absolute atomic E-state index is 8.61. The first-order valence-corrected chi connectivity index (χ1v) is 7.82. The summed E-state index contributed by atoms with van der Waals surface area (Å²) in [4.78, 5) is 2.04. The standard InChI is InChI=1S/C16H23N5OS/c1-21(11-3-9-17)15-7-5-14(6-8-15)13-19-20-16(23)18-10-4-12-22-2/h5-8,13H,3-4,10-12H2,1-2H3,(H2,18,20,23). The molecular formula is C16H23N5OS. The van der Waals surface area contributed by atoms with Crippen LogP contribution in [-0.2, 0) is 4.74 Å². The van der Waals surface area contributed by atoms with Crippen LogP contribution >= 0.6 is 12.2 Å². The monoisotopic (exact) mass is 333 g/mol. The highest BCUT2D eigenvalue weighted by Gasteiger charge is 1.99. The Balaban J connectivity index is 2.36. The number of thiocarbonyl (C=S) groups is 1. The van der Waals surface area contributed by atoms with Crippen molar-refractivity contribution in [1.29, 1.82) is 5.26 Å². The van der Waals surface area contributed by atoms with Crippen molar-refractivity contribution in [3.8, 4) is 6.07 Å². The van der Waals surface area contributed by atoms with E-state index in [0.717, 1.165) is 24.2 Å². The molecule has 0 aliphatic rings. The van der Waals surface area contributed by atoms with Gasteiger partial charge >= 0.3 is 0 Å². The van der Waals surface area contributed by atoms with Gasteiger partial charge in [-0.2, -0.15) is 10.4 Å². The highest BCUT2D eigenvalue weighted by atomic mass is 32.1. The molecule has 0 unspecified atom stereocenters. The van der Waals surface area contributed by atoms with E-state index in [0.29, 0.717) is 24.7 Å². The van der Waals surface area contributed by atoms with E-state index in [1.165, 1.54) is 0 Å². The normalized spacial score (nSPS) is 10.3. The Morgan fingerprint density at radius 2 is 2.17 bits per heavy atom. The summed E-state index contributed by atoms with van der Waals surface area (Å²) < 4.78 is 4.96. The van der Waals surface area contributed by atoms with Crippen LogP contribution in [0.25, 0.3) is 0 Å². The summed E-state index contributed by atoms with van der Waals surface area (Å²) in [6.45, 7) is 2.17. The highest BCUT2D eigenvalue weighted by Crippen LogP contribution is 2.13. The van der Waals surface area contributed by atoms with Crippen LogP contribution in [0.2, 0.25) is 0 Å². The second kappa shape index (κ2) is 11.4. The minimum Gasteiger partial charge on any atom is -0.385 e. The Bertz CT molecular complexity index is 538. The number of hydrogen-bond acceptors (Lipinski definition) is 5. The van der Waals surface area contributed by atoms with Crippen LogP contribution in [0.4, 0.5) is 5.69 Å². The van der Waals surface area contributed by atoms with Gasteiger partial charge in [-0.25, -0.2) is 0 Å². The van der Waals surface area contributed by atoms with Crippen molar-refractivity contribution in [3.05, 3.63) is 29.8 Å². The lowest BCUT2D eigenvalue weighted by molar-refractivity contribution is 0.195. The van der Waals surface area contributed by atoms with E-state index < -0.39 is 0 Å². The largest absolute Gasteiger partial charge is 0.385 e. The van der Waals surface area contributed by atoms with E-state index in [1.54, 1.807) is 13.3 Å². The number of rotatable bonds is 9. The third kappa shape index (κ3) is 8.14. The molecule has 1 rings (SSSR count). The van der Waals surface area contributed by atoms with Crippen LogP contribution < -0.4 is 15.6 Å². The van der Waals surface area contributed by atoms with Gasteiger partial charge in [-0.1, -0.05) is 12.1 Å². The molecule has 1 aromatic carbocycles.